The van der Waals surface area contributed by atoms with Gasteiger partial charge in [-0.1, -0.05) is 24.8 Å². The number of aromatic nitrogens is 1. The molecule has 0 bridgehead atoms. The summed E-state index contributed by atoms with van der Waals surface area (Å²) in [6.07, 6.45) is 1.64. The van der Waals surface area contributed by atoms with Crippen LogP contribution in [0, 0.1) is 0 Å². The van der Waals surface area contributed by atoms with Gasteiger partial charge in [0.2, 0.25) is 0 Å². The molecule has 0 atom stereocenters. The maximum Gasteiger partial charge on any atom is 0.335 e. The lowest BCUT2D eigenvalue weighted by Gasteiger charge is -2.07. The Morgan fingerprint density at radius 1 is 1.35 bits per heavy atom. The molecule has 1 amide bonds. The number of nitrogens with two attached hydrogens (primary N) is 1. The first-order valence-electron chi connectivity index (χ1n) is 6.27. The number of carbonyl (C=O) groups is 2. The first-order valence-corrected chi connectivity index (χ1v) is 6.27. The number of nitrogens with zero attached hydrogens (tertiary/aromatic N) is 1. The predicted octanol–water partition coefficient (Wildman–Crippen LogP) is 1.86. The van der Waals surface area contributed by atoms with E-state index in [2.05, 4.69) is 6.58 Å². The molecule has 5 nitrogen and oxygen atoms in total. The highest BCUT2D eigenvalue weighted by atomic mass is 16.5. The Kier molecular flexibility index (Phi) is 3.89. The zero-order chi connectivity index (χ0) is 14.7. The maximum absolute atomic E-state index is 11.6. The van der Waals surface area contributed by atoms with Gasteiger partial charge in [-0.05, 0) is 13.0 Å². The Morgan fingerprint density at radius 2 is 2.05 bits per heavy atom. The van der Waals surface area contributed by atoms with Gasteiger partial charge in [0, 0.05) is 22.7 Å². The van der Waals surface area contributed by atoms with Crippen LogP contribution in [0.3, 0.4) is 0 Å². The lowest BCUT2D eigenvalue weighted by molar-refractivity contribution is -0.138. The average molecular weight is 272 g/mol. The molecule has 2 aromatic rings. The fourth-order valence-corrected chi connectivity index (χ4v) is 2.08. The van der Waals surface area contributed by atoms with E-state index in [1.165, 1.54) is 0 Å². The molecule has 20 heavy (non-hydrogen) atoms. The first kappa shape index (κ1) is 13.9. The van der Waals surface area contributed by atoms with E-state index in [1.54, 1.807) is 17.7 Å². The molecule has 0 unspecified atom stereocenters. The fourth-order valence-electron chi connectivity index (χ4n) is 2.08. The van der Waals surface area contributed by atoms with Crippen molar-refractivity contribution in [3.05, 3.63) is 48.2 Å². The van der Waals surface area contributed by atoms with Gasteiger partial charge in [0.15, 0.2) is 0 Å². The number of ether oxygens (including phenoxy) is 1. The first-order chi connectivity index (χ1) is 9.54. The van der Waals surface area contributed by atoms with Gasteiger partial charge in [-0.25, -0.2) is 4.79 Å². The zero-order valence-electron chi connectivity index (χ0n) is 11.3. The van der Waals surface area contributed by atoms with Crippen LogP contribution in [0.25, 0.3) is 10.9 Å². The highest BCUT2D eigenvalue weighted by Gasteiger charge is 2.15. The Morgan fingerprint density at radius 3 is 2.70 bits per heavy atom. The van der Waals surface area contributed by atoms with Crippen LogP contribution in [0.15, 0.2) is 42.6 Å². The van der Waals surface area contributed by atoms with Crippen molar-refractivity contribution < 1.29 is 14.3 Å². The van der Waals surface area contributed by atoms with E-state index < -0.39 is 11.9 Å². The van der Waals surface area contributed by atoms with Crippen molar-refractivity contribution >= 4 is 22.8 Å². The second kappa shape index (κ2) is 5.61. The number of rotatable bonds is 5. The number of carbonyl (C=O) groups excluding carboxylic acids is 2. The molecular formula is C15H16N2O3. The van der Waals surface area contributed by atoms with Crippen LogP contribution in [-0.2, 0) is 16.1 Å². The summed E-state index contributed by atoms with van der Waals surface area (Å²) in [6, 6.07) is 7.37. The summed E-state index contributed by atoms with van der Waals surface area (Å²) in [6.45, 7) is 6.01. The SMILES string of the molecule is C=C(Cn1cc(C(N)=O)c2ccccc21)C(=O)OCC. The zero-order valence-corrected chi connectivity index (χ0v) is 11.3. The molecule has 2 N–H and O–H groups in total. The van der Waals surface area contributed by atoms with Crippen molar-refractivity contribution in [1.82, 2.24) is 4.57 Å². The summed E-state index contributed by atoms with van der Waals surface area (Å²) in [5.41, 5.74) is 6.94. The van der Waals surface area contributed by atoms with E-state index in [0.717, 1.165) is 10.9 Å². The summed E-state index contributed by atoms with van der Waals surface area (Å²) in [5, 5.41) is 0.761. The minimum absolute atomic E-state index is 0.257. The highest BCUT2D eigenvalue weighted by molar-refractivity contribution is 6.06. The van der Waals surface area contributed by atoms with Gasteiger partial charge >= 0.3 is 5.97 Å². The van der Waals surface area contributed by atoms with E-state index in [9.17, 15) is 9.59 Å². The Bertz CT molecular complexity index is 685. The quantitative estimate of drug-likeness (QED) is 0.667. The van der Waals surface area contributed by atoms with Crippen molar-refractivity contribution in [3.63, 3.8) is 0 Å². The van der Waals surface area contributed by atoms with Crippen molar-refractivity contribution in [2.45, 2.75) is 13.5 Å². The third-order valence-electron chi connectivity index (χ3n) is 2.98. The van der Waals surface area contributed by atoms with Gasteiger partial charge in [-0.2, -0.15) is 0 Å². The summed E-state index contributed by atoms with van der Waals surface area (Å²) < 4.78 is 6.67. The summed E-state index contributed by atoms with van der Waals surface area (Å²) >= 11 is 0. The van der Waals surface area contributed by atoms with E-state index in [-0.39, 0.29) is 6.54 Å². The number of hydrogen-bond acceptors (Lipinski definition) is 3. The summed E-state index contributed by atoms with van der Waals surface area (Å²) in [4.78, 5) is 23.0. The van der Waals surface area contributed by atoms with Crippen molar-refractivity contribution in [3.8, 4) is 0 Å². The van der Waals surface area contributed by atoms with Crippen LogP contribution in [0.2, 0.25) is 0 Å². The lowest BCUT2D eigenvalue weighted by atomic mass is 10.2. The van der Waals surface area contributed by atoms with Gasteiger partial charge in [0.25, 0.3) is 5.91 Å². The van der Waals surface area contributed by atoms with Gasteiger partial charge < -0.3 is 15.0 Å². The van der Waals surface area contributed by atoms with Crippen LogP contribution in [0.5, 0.6) is 0 Å². The van der Waals surface area contributed by atoms with Crippen LogP contribution < -0.4 is 5.73 Å². The van der Waals surface area contributed by atoms with E-state index >= 15 is 0 Å². The van der Waals surface area contributed by atoms with E-state index in [0.29, 0.717) is 17.7 Å². The molecule has 0 radical (unpaired) electrons. The van der Waals surface area contributed by atoms with Crippen LogP contribution in [0.1, 0.15) is 17.3 Å². The van der Waals surface area contributed by atoms with Gasteiger partial charge in [-0.3, -0.25) is 4.79 Å². The molecule has 1 aromatic carbocycles. The molecule has 1 aromatic heterocycles. The second-order valence-electron chi connectivity index (χ2n) is 4.38. The number of benzene rings is 1. The molecule has 0 aliphatic carbocycles. The highest BCUT2D eigenvalue weighted by Crippen LogP contribution is 2.21. The molecule has 5 heteroatoms. The topological polar surface area (TPSA) is 74.3 Å². The third kappa shape index (κ3) is 2.56. The average Bonchev–Trinajstić information content (AvgIpc) is 2.78. The maximum atomic E-state index is 11.6. The number of esters is 1. The molecule has 2 rings (SSSR count). The monoisotopic (exact) mass is 272 g/mol. The van der Waals surface area contributed by atoms with Crippen LogP contribution in [-0.4, -0.2) is 23.1 Å². The smallest absolute Gasteiger partial charge is 0.335 e. The van der Waals surface area contributed by atoms with Gasteiger partial charge in [-0.15, -0.1) is 0 Å². The summed E-state index contributed by atoms with van der Waals surface area (Å²) in [5.74, 6) is -0.937. The van der Waals surface area contributed by atoms with Crippen molar-refractivity contribution in [2.24, 2.45) is 5.73 Å². The number of hydrogen-bond donors (Lipinski definition) is 1. The largest absolute Gasteiger partial charge is 0.463 e. The molecule has 0 aliphatic heterocycles. The Hall–Kier alpha value is -2.56. The van der Waals surface area contributed by atoms with Gasteiger partial charge in [0.1, 0.15) is 0 Å². The normalized spacial score (nSPS) is 10.4. The molecule has 0 spiro atoms. The molecule has 0 saturated heterocycles. The Balaban J connectivity index is 2.38. The Labute approximate surface area is 116 Å². The molecule has 0 saturated carbocycles. The third-order valence-corrected chi connectivity index (χ3v) is 2.98. The predicted molar refractivity (Wildman–Crippen MR) is 76.2 cm³/mol. The number of fused-ring (bicyclic) bond motifs is 1. The number of amides is 1. The molecular weight excluding hydrogens is 256 g/mol. The van der Waals surface area contributed by atoms with Crippen molar-refractivity contribution in [1.29, 1.82) is 0 Å². The van der Waals surface area contributed by atoms with Gasteiger partial charge in [0.05, 0.1) is 18.7 Å². The second-order valence-corrected chi connectivity index (χ2v) is 4.38. The van der Waals surface area contributed by atoms with E-state index in [4.69, 9.17) is 10.5 Å². The lowest BCUT2D eigenvalue weighted by Crippen LogP contribution is -2.12. The molecule has 104 valence electrons. The fraction of sp³-hybridized carbons (Fsp3) is 0.200. The minimum atomic E-state index is -0.498. The number of primary amides is 1. The van der Waals surface area contributed by atoms with Crippen molar-refractivity contribution in [2.75, 3.05) is 6.61 Å². The molecule has 0 aliphatic rings. The van der Waals surface area contributed by atoms with E-state index in [1.807, 2.05) is 24.3 Å². The summed E-state index contributed by atoms with van der Waals surface area (Å²) in [7, 11) is 0. The standard InChI is InChI=1S/C15H16N2O3/c1-3-20-15(19)10(2)8-17-9-12(14(16)18)11-6-4-5-7-13(11)17/h4-7,9H,2-3,8H2,1H3,(H2,16,18). The number of para-hydroxylation sites is 1. The molecule has 1 heterocycles. The van der Waals surface area contributed by atoms with Crippen LogP contribution in [0.4, 0.5) is 0 Å². The minimum Gasteiger partial charge on any atom is -0.463 e. The van der Waals surface area contributed by atoms with Crippen LogP contribution >= 0.6 is 0 Å². The molecule has 0 fully saturated rings.